The quantitative estimate of drug-likeness (QED) is 0.685. The van der Waals surface area contributed by atoms with E-state index >= 15 is 0 Å². The van der Waals surface area contributed by atoms with Gasteiger partial charge in [-0.1, -0.05) is 6.07 Å². The average Bonchev–Trinajstić information content (AvgIpc) is 3.01. The number of carbonyl (C=O) groups excluding carboxylic acids is 2. The predicted molar refractivity (Wildman–Crippen MR) is 108 cm³/mol. The maximum Gasteiger partial charge on any atom is 0.338 e. The lowest BCUT2D eigenvalue weighted by atomic mass is 10.1. The molecule has 1 N–H and O–H groups in total. The van der Waals surface area contributed by atoms with Crippen LogP contribution in [0.25, 0.3) is 5.69 Å². The summed E-state index contributed by atoms with van der Waals surface area (Å²) in [7, 11) is 0. The van der Waals surface area contributed by atoms with E-state index in [9.17, 15) is 9.59 Å². The third-order valence-electron chi connectivity index (χ3n) is 4.48. The van der Waals surface area contributed by atoms with Gasteiger partial charge < -0.3 is 10.1 Å². The first-order chi connectivity index (χ1) is 13.3. The van der Waals surface area contributed by atoms with E-state index in [1.807, 2.05) is 52.0 Å². The van der Waals surface area contributed by atoms with Crippen LogP contribution in [0.5, 0.6) is 0 Å². The van der Waals surface area contributed by atoms with E-state index in [0.717, 1.165) is 28.2 Å². The van der Waals surface area contributed by atoms with E-state index in [-0.39, 0.29) is 12.5 Å². The summed E-state index contributed by atoms with van der Waals surface area (Å²) in [6.07, 6.45) is 0. The van der Waals surface area contributed by atoms with Crippen molar-refractivity contribution in [3.63, 3.8) is 0 Å². The van der Waals surface area contributed by atoms with Gasteiger partial charge in [-0.2, -0.15) is 5.10 Å². The molecule has 0 aliphatic heterocycles. The molecule has 6 nitrogen and oxygen atoms in total. The normalized spacial score (nSPS) is 10.6. The molecule has 0 aliphatic rings. The summed E-state index contributed by atoms with van der Waals surface area (Å²) < 4.78 is 6.92. The molecule has 1 aromatic heterocycles. The fourth-order valence-corrected chi connectivity index (χ4v) is 2.86. The average molecular weight is 377 g/mol. The second kappa shape index (κ2) is 8.08. The highest BCUT2D eigenvalue weighted by Crippen LogP contribution is 2.15. The molecule has 0 spiro atoms. The Hall–Kier alpha value is -3.41. The molecule has 1 amide bonds. The number of esters is 1. The number of hydrogen-bond donors (Lipinski definition) is 1. The molecule has 2 aromatic carbocycles. The highest BCUT2D eigenvalue weighted by Gasteiger charge is 2.12. The van der Waals surface area contributed by atoms with E-state index in [0.29, 0.717) is 11.3 Å². The Morgan fingerprint density at radius 2 is 1.68 bits per heavy atom. The highest BCUT2D eigenvalue weighted by atomic mass is 16.5. The number of aromatic nitrogens is 2. The van der Waals surface area contributed by atoms with Crippen LogP contribution in [0.4, 0.5) is 5.69 Å². The van der Waals surface area contributed by atoms with Gasteiger partial charge in [0.05, 0.1) is 16.9 Å². The van der Waals surface area contributed by atoms with Crippen molar-refractivity contribution in [2.24, 2.45) is 0 Å². The Kier molecular flexibility index (Phi) is 5.59. The molecule has 3 rings (SSSR count). The molecule has 1 heterocycles. The van der Waals surface area contributed by atoms with Gasteiger partial charge in [0.1, 0.15) is 0 Å². The van der Waals surface area contributed by atoms with Crippen LogP contribution in [0.2, 0.25) is 0 Å². The van der Waals surface area contributed by atoms with Crippen LogP contribution in [0.1, 0.15) is 32.9 Å². The number of benzene rings is 2. The van der Waals surface area contributed by atoms with Crippen LogP contribution in [0, 0.1) is 27.7 Å². The zero-order valence-electron chi connectivity index (χ0n) is 16.4. The molecule has 3 aromatic rings. The number of anilines is 1. The molecule has 0 fully saturated rings. The van der Waals surface area contributed by atoms with Crippen molar-refractivity contribution in [2.75, 3.05) is 11.9 Å². The van der Waals surface area contributed by atoms with Crippen LogP contribution in [-0.2, 0) is 9.53 Å². The summed E-state index contributed by atoms with van der Waals surface area (Å²) in [5, 5.41) is 7.14. The first kappa shape index (κ1) is 19.4. The number of carbonyl (C=O) groups is 2. The fourth-order valence-electron chi connectivity index (χ4n) is 2.86. The molecule has 0 bridgehead atoms. The second-order valence-electron chi connectivity index (χ2n) is 6.81. The first-order valence-electron chi connectivity index (χ1n) is 9.01. The maximum absolute atomic E-state index is 12.2. The summed E-state index contributed by atoms with van der Waals surface area (Å²) in [6, 6.07) is 14.5. The van der Waals surface area contributed by atoms with E-state index in [1.54, 1.807) is 28.9 Å². The zero-order chi connectivity index (χ0) is 20.3. The molecular formula is C22H23N3O3. The first-order valence-corrected chi connectivity index (χ1v) is 9.01. The monoisotopic (exact) mass is 377 g/mol. The Balaban J connectivity index is 1.57. The fraction of sp³-hybridized carbons (Fsp3) is 0.227. The lowest BCUT2D eigenvalue weighted by molar-refractivity contribution is -0.119. The molecule has 28 heavy (non-hydrogen) atoms. The molecule has 0 radical (unpaired) electrons. The standard InChI is InChI=1S/C22H23N3O3/c1-14-5-8-19(11-15(14)2)23-21(26)13-28-22(27)18-6-9-20(10-7-18)25-17(4)12-16(3)24-25/h5-12H,13H2,1-4H3,(H,23,26). The van der Waals surface area contributed by atoms with Crippen molar-refractivity contribution in [1.29, 1.82) is 0 Å². The van der Waals surface area contributed by atoms with Crippen LogP contribution in [-0.4, -0.2) is 28.3 Å². The Morgan fingerprint density at radius 3 is 2.29 bits per heavy atom. The molecule has 144 valence electrons. The van der Waals surface area contributed by atoms with Crippen molar-refractivity contribution >= 4 is 17.6 Å². The van der Waals surface area contributed by atoms with Crippen LogP contribution >= 0.6 is 0 Å². The molecule has 0 unspecified atom stereocenters. The van der Waals surface area contributed by atoms with Gasteiger partial charge in [-0.05, 0) is 81.3 Å². The molecule has 0 saturated heterocycles. The van der Waals surface area contributed by atoms with Gasteiger partial charge in [-0.25, -0.2) is 9.48 Å². The third-order valence-corrected chi connectivity index (χ3v) is 4.48. The van der Waals surface area contributed by atoms with Crippen LogP contribution < -0.4 is 5.32 Å². The smallest absolute Gasteiger partial charge is 0.338 e. The lowest BCUT2D eigenvalue weighted by Gasteiger charge is -2.09. The third kappa shape index (κ3) is 4.46. The summed E-state index contributed by atoms with van der Waals surface area (Å²) in [4.78, 5) is 24.2. The summed E-state index contributed by atoms with van der Waals surface area (Å²) >= 11 is 0. The molecule has 0 atom stereocenters. The molecule has 0 saturated carbocycles. The van der Waals surface area contributed by atoms with Gasteiger partial charge in [0.2, 0.25) is 0 Å². The van der Waals surface area contributed by atoms with E-state index in [1.165, 1.54) is 0 Å². The number of nitrogens with zero attached hydrogens (tertiary/aromatic N) is 2. The van der Waals surface area contributed by atoms with Crippen molar-refractivity contribution in [1.82, 2.24) is 9.78 Å². The number of nitrogens with one attached hydrogen (secondary N) is 1. The molecular weight excluding hydrogens is 354 g/mol. The van der Waals surface area contributed by atoms with Crippen LogP contribution in [0.15, 0.2) is 48.5 Å². The SMILES string of the molecule is Cc1cc(C)n(-c2ccc(C(=O)OCC(=O)Nc3ccc(C)c(C)c3)cc2)n1. The highest BCUT2D eigenvalue weighted by molar-refractivity contribution is 5.95. The topological polar surface area (TPSA) is 73.2 Å². The van der Waals surface area contributed by atoms with E-state index in [2.05, 4.69) is 10.4 Å². The minimum atomic E-state index is -0.546. The number of rotatable bonds is 5. The summed E-state index contributed by atoms with van der Waals surface area (Å²) in [5.74, 6) is -0.925. The van der Waals surface area contributed by atoms with Crippen molar-refractivity contribution in [3.8, 4) is 5.69 Å². The Morgan fingerprint density at radius 1 is 0.964 bits per heavy atom. The van der Waals surface area contributed by atoms with Crippen molar-refractivity contribution < 1.29 is 14.3 Å². The summed E-state index contributed by atoms with van der Waals surface area (Å²) in [6.45, 7) is 7.53. The van der Waals surface area contributed by atoms with Crippen molar-refractivity contribution in [3.05, 3.63) is 76.6 Å². The van der Waals surface area contributed by atoms with Gasteiger partial charge in [-0.3, -0.25) is 4.79 Å². The Bertz CT molecular complexity index is 1020. The van der Waals surface area contributed by atoms with Gasteiger partial charge in [0.25, 0.3) is 5.91 Å². The van der Waals surface area contributed by atoms with E-state index in [4.69, 9.17) is 4.74 Å². The van der Waals surface area contributed by atoms with Crippen molar-refractivity contribution in [2.45, 2.75) is 27.7 Å². The maximum atomic E-state index is 12.2. The number of amides is 1. The minimum absolute atomic E-state index is 0.342. The molecule has 0 aliphatic carbocycles. The largest absolute Gasteiger partial charge is 0.452 e. The number of aryl methyl sites for hydroxylation is 4. The zero-order valence-corrected chi connectivity index (χ0v) is 16.4. The van der Waals surface area contributed by atoms with Gasteiger partial charge in [0.15, 0.2) is 6.61 Å². The minimum Gasteiger partial charge on any atom is -0.452 e. The van der Waals surface area contributed by atoms with Gasteiger partial charge >= 0.3 is 5.97 Å². The predicted octanol–water partition coefficient (Wildman–Crippen LogP) is 3.90. The summed E-state index contributed by atoms with van der Waals surface area (Å²) in [5.41, 5.74) is 6.08. The molecule has 6 heteroatoms. The second-order valence-corrected chi connectivity index (χ2v) is 6.81. The lowest BCUT2D eigenvalue weighted by Crippen LogP contribution is -2.21. The van der Waals surface area contributed by atoms with Gasteiger partial charge in [-0.15, -0.1) is 0 Å². The van der Waals surface area contributed by atoms with Crippen LogP contribution in [0.3, 0.4) is 0 Å². The number of hydrogen-bond acceptors (Lipinski definition) is 4. The van der Waals surface area contributed by atoms with E-state index < -0.39 is 5.97 Å². The Labute approximate surface area is 164 Å². The number of ether oxygens (including phenoxy) is 1. The van der Waals surface area contributed by atoms with Gasteiger partial charge in [0, 0.05) is 11.4 Å².